The first-order valence-corrected chi connectivity index (χ1v) is 6.37. The Hall–Kier alpha value is -0.200. The van der Waals surface area contributed by atoms with Crippen molar-refractivity contribution in [1.82, 2.24) is 0 Å². The maximum absolute atomic E-state index is 6.39. The Balaban J connectivity index is 2.65. The van der Waals surface area contributed by atoms with Crippen molar-refractivity contribution < 1.29 is 0 Å². The van der Waals surface area contributed by atoms with Crippen LogP contribution in [0.2, 0.25) is 5.02 Å². The van der Waals surface area contributed by atoms with Gasteiger partial charge in [0.1, 0.15) is 0 Å². The molecule has 0 amide bonds. The number of alkyl halides is 1. The molecule has 0 heterocycles. The highest BCUT2D eigenvalue weighted by Crippen LogP contribution is 2.25. The first-order chi connectivity index (χ1) is 7.19. The molecule has 1 rings (SSSR count). The van der Waals surface area contributed by atoms with E-state index in [9.17, 15) is 0 Å². The lowest BCUT2D eigenvalue weighted by Gasteiger charge is -2.19. The van der Waals surface area contributed by atoms with Crippen LogP contribution >= 0.6 is 23.2 Å². The van der Waals surface area contributed by atoms with E-state index in [1.54, 1.807) is 0 Å². The summed E-state index contributed by atoms with van der Waals surface area (Å²) in [6, 6.07) is 7.94. The molecular weight excluding hydrogens is 227 g/mol. The summed E-state index contributed by atoms with van der Waals surface area (Å²) in [5, 5.41) is 1.02. The minimum atomic E-state index is 0.194. The van der Waals surface area contributed by atoms with Crippen molar-refractivity contribution in [2.24, 2.45) is 5.92 Å². The minimum absolute atomic E-state index is 0.194. The third kappa shape index (κ3) is 3.70. The third-order valence-corrected chi connectivity index (χ3v) is 3.81. The van der Waals surface area contributed by atoms with Crippen molar-refractivity contribution in [2.75, 3.05) is 0 Å². The van der Waals surface area contributed by atoms with Crippen LogP contribution in [0.1, 0.15) is 32.3 Å². The Morgan fingerprint density at radius 3 is 2.27 bits per heavy atom. The van der Waals surface area contributed by atoms with E-state index in [0.717, 1.165) is 29.8 Å². The van der Waals surface area contributed by atoms with Gasteiger partial charge in [-0.3, -0.25) is 0 Å². The molecule has 0 nitrogen and oxygen atoms in total. The molecule has 0 N–H and O–H groups in total. The Bertz CT molecular complexity index is 292. The van der Waals surface area contributed by atoms with Crippen molar-refractivity contribution in [3.8, 4) is 0 Å². The fourth-order valence-electron chi connectivity index (χ4n) is 1.84. The monoisotopic (exact) mass is 244 g/mol. The normalized spacial score (nSPS) is 13.1. The average molecular weight is 245 g/mol. The van der Waals surface area contributed by atoms with E-state index in [1.807, 2.05) is 18.2 Å². The van der Waals surface area contributed by atoms with Gasteiger partial charge in [0.2, 0.25) is 0 Å². The highest BCUT2D eigenvalue weighted by atomic mass is 35.5. The number of halogens is 2. The zero-order valence-corrected chi connectivity index (χ0v) is 10.9. The van der Waals surface area contributed by atoms with E-state index in [0.29, 0.717) is 5.92 Å². The van der Waals surface area contributed by atoms with Gasteiger partial charge < -0.3 is 0 Å². The SMILES string of the molecule is CCC(CC)C(Cl)Cc1ccccc1Cl. The van der Waals surface area contributed by atoms with Gasteiger partial charge in [-0.05, 0) is 24.0 Å². The molecule has 0 radical (unpaired) electrons. The summed E-state index contributed by atoms with van der Waals surface area (Å²) < 4.78 is 0. The van der Waals surface area contributed by atoms with Crippen molar-refractivity contribution in [1.29, 1.82) is 0 Å². The van der Waals surface area contributed by atoms with Gasteiger partial charge in [-0.25, -0.2) is 0 Å². The summed E-state index contributed by atoms with van der Waals surface area (Å²) in [7, 11) is 0. The van der Waals surface area contributed by atoms with Crippen LogP contribution in [0.15, 0.2) is 24.3 Å². The molecule has 0 aliphatic rings. The van der Waals surface area contributed by atoms with Gasteiger partial charge in [0.05, 0.1) is 0 Å². The molecule has 15 heavy (non-hydrogen) atoms. The van der Waals surface area contributed by atoms with Gasteiger partial charge >= 0.3 is 0 Å². The van der Waals surface area contributed by atoms with Crippen molar-refractivity contribution in [2.45, 2.75) is 38.5 Å². The number of hydrogen-bond donors (Lipinski definition) is 0. The zero-order chi connectivity index (χ0) is 11.3. The molecule has 0 saturated heterocycles. The molecule has 2 heteroatoms. The molecule has 84 valence electrons. The topological polar surface area (TPSA) is 0 Å². The molecule has 1 atom stereocenters. The van der Waals surface area contributed by atoms with E-state index >= 15 is 0 Å². The highest BCUT2D eigenvalue weighted by molar-refractivity contribution is 6.31. The molecule has 1 aromatic carbocycles. The average Bonchev–Trinajstić information content (AvgIpc) is 2.23. The molecular formula is C13H18Cl2. The van der Waals surface area contributed by atoms with E-state index in [1.165, 1.54) is 0 Å². The minimum Gasteiger partial charge on any atom is -0.122 e. The summed E-state index contributed by atoms with van der Waals surface area (Å²) in [4.78, 5) is 0. The Morgan fingerprint density at radius 1 is 1.13 bits per heavy atom. The fourth-order valence-corrected chi connectivity index (χ4v) is 2.58. The van der Waals surface area contributed by atoms with E-state index in [-0.39, 0.29) is 5.38 Å². The van der Waals surface area contributed by atoms with Crippen LogP contribution in [0, 0.1) is 5.92 Å². The smallest absolute Gasteiger partial charge is 0.0438 e. The molecule has 0 fully saturated rings. The molecule has 0 saturated carbocycles. The highest BCUT2D eigenvalue weighted by Gasteiger charge is 2.16. The maximum Gasteiger partial charge on any atom is 0.0438 e. The van der Waals surface area contributed by atoms with Crippen molar-refractivity contribution >= 4 is 23.2 Å². The standard InChI is InChI=1S/C13H18Cl2/c1-3-10(4-2)13(15)9-11-7-5-6-8-12(11)14/h5-8,10,13H,3-4,9H2,1-2H3. The van der Waals surface area contributed by atoms with Crippen LogP contribution in [0.3, 0.4) is 0 Å². The summed E-state index contributed by atoms with van der Waals surface area (Å²) in [5.74, 6) is 0.586. The Labute approximate surface area is 103 Å². The van der Waals surface area contributed by atoms with Crippen LogP contribution in [-0.4, -0.2) is 5.38 Å². The maximum atomic E-state index is 6.39. The van der Waals surface area contributed by atoms with Crippen molar-refractivity contribution in [3.63, 3.8) is 0 Å². The molecule has 0 aliphatic carbocycles. The number of rotatable bonds is 5. The van der Waals surface area contributed by atoms with Crippen molar-refractivity contribution in [3.05, 3.63) is 34.9 Å². The molecule has 1 aromatic rings. The van der Waals surface area contributed by atoms with Crippen LogP contribution in [-0.2, 0) is 6.42 Å². The van der Waals surface area contributed by atoms with E-state index in [2.05, 4.69) is 19.9 Å². The quantitative estimate of drug-likeness (QED) is 0.645. The summed E-state index contributed by atoms with van der Waals surface area (Å²) in [6.07, 6.45) is 3.14. The Morgan fingerprint density at radius 2 is 1.73 bits per heavy atom. The largest absolute Gasteiger partial charge is 0.122 e. The lowest BCUT2D eigenvalue weighted by Crippen LogP contribution is -2.16. The van der Waals surface area contributed by atoms with Crippen LogP contribution in [0.4, 0.5) is 0 Å². The Kier molecular flexibility index (Phi) is 5.49. The molecule has 0 aromatic heterocycles. The van der Waals surface area contributed by atoms with Crippen LogP contribution in [0.5, 0.6) is 0 Å². The lowest BCUT2D eigenvalue weighted by atomic mass is 9.94. The molecule has 0 spiro atoms. The van der Waals surface area contributed by atoms with Crippen LogP contribution in [0.25, 0.3) is 0 Å². The second kappa shape index (κ2) is 6.40. The van der Waals surface area contributed by atoms with Gasteiger partial charge in [0, 0.05) is 10.4 Å². The summed E-state index contributed by atoms with van der Waals surface area (Å²) in [6.45, 7) is 4.38. The predicted molar refractivity (Wildman–Crippen MR) is 68.9 cm³/mol. The van der Waals surface area contributed by atoms with E-state index < -0.39 is 0 Å². The van der Waals surface area contributed by atoms with Gasteiger partial charge in [0.25, 0.3) is 0 Å². The first kappa shape index (κ1) is 12.9. The lowest BCUT2D eigenvalue weighted by molar-refractivity contribution is 0.464. The first-order valence-electron chi connectivity index (χ1n) is 5.56. The number of hydrogen-bond acceptors (Lipinski definition) is 0. The van der Waals surface area contributed by atoms with Crippen LogP contribution < -0.4 is 0 Å². The second-order valence-corrected chi connectivity index (χ2v) is 4.86. The zero-order valence-electron chi connectivity index (χ0n) is 9.34. The third-order valence-electron chi connectivity index (χ3n) is 2.93. The fraction of sp³-hybridized carbons (Fsp3) is 0.538. The van der Waals surface area contributed by atoms with Gasteiger partial charge in [-0.15, -0.1) is 11.6 Å². The molecule has 0 bridgehead atoms. The predicted octanol–water partition coefficient (Wildman–Crippen LogP) is 4.93. The summed E-state index contributed by atoms with van der Waals surface area (Å²) >= 11 is 12.5. The second-order valence-electron chi connectivity index (χ2n) is 3.89. The molecule has 0 aliphatic heterocycles. The van der Waals surface area contributed by atoms with Gasteiger partial charge in [-0.1, -0.05) is 56.5 Å². The number of benzene rings is 1. The molecule has 1 unspecified atom stereocenters. The van der Waals surface area contributed by atoms with Gasteiger partial charge in [0.15, 0.2) is 0 Å². The van der Waals surface area contributed by atoms with Gasteiger partial charge in [-0.2, -0.15) is 0 Å². The van der Waals surface area contributed by atoms with E-state index in [4.69, 9.17) is 23.2 Å². The summed E-state index contributed by atoms with van der Waals surface area (Å²) in [5.41, 5.74) is 1.16.